The lowest BCUT2D eigenvalue weighted by atomic mass is 9.97. The van der Waals surface area contributed by atoms with Gasteiger partial charge in [-0.25, -0.2) is 0 Å². The molecule has 6 nitrogen and oxygen atoms in total. The summed E-state index contributed by atoms with van der Waals surface area (Å²) in [6.45, 7) is 8.29. The molecular weight excluding hydrogens is 288 g/mol. The maximum Gasteiger partial charge on any atom is 0.318 e. The number of esters is 1. The highest BCUT2D eigenvalue weighted by Crippen LogP contribution is 2.29. The van der Waals surface area contributed by atoms with E-state index in [4.69, 9.17) is 4.74 Å². The zero-order valence-electron chi connectivity index (χ0n) is 12.5. The van der Waals surface area contributed by atoms with Gasteiger partial charge in [-0.05, 0) is 32.9 Å². The standard InChI is InChI=1S/C14H22N4O2S/c1-4-9-18-12(11-5-7-15-8-6-11)16-17-14(18)21-10(2)13(19)20-3/h4,10-11,15H,1,5-9H2,2-3H3/t10-/m1/s1. The van der Waals surface area contributed by atoms with Crippen molar-refractivity contribution < 1.29 is 9.53 Å². The minimum Gasteiger partial charge on any atom is -0.468 e. The maximum absolute atomic E-state index is 11.6. The molecule has 21 heavy (non-hydrogen) atoms. The van der Waals surface area contributed by atoms with E-state index in [1.54, 1.807) is 0 Å². The van der Waals surface area contributed by atoms with Crippen LogP contribution in [-0.4, -0.2) is 46.2 Å². The van der Waals surface area contributed by atoms with E-state index in [1.807, 2.05) is 13.0 Å². The molecule has 0 bridgehead atoms. The number of carbonyl (C=O) groups excluding carboxylic acids is 1. The van der Waals surface area contributed by atoms with Gasteiger partial charge in [-0.2, -0.15) is 0 Å². The molecule has 1 N–H and O–H groups in total. The monoisotopic (exact) mass is 310 g/mol. The summed E-state index contributed by atoms with van der Waals surface area (Å²) in [7, 11) is 1.40. The first-order chi connectivity index (χ1) is 10.2. The van der Waals surface area contributed by atoms with Crippen molar-refractivity contribution in [2.24, 2.45) is 0 Å². The number of methoxy groups -OCH3 is 1. The summed E-state index contributed by atoms with van der Waals surface area (Å²) in [5.74, 6) is 1.16. The number of hydrogen-bond acceptors (Lipinski definition) is 6. The Bertz CT molecular complexity index is 497. The summed E-state index contributed by atoms with van der Waals surface area (Å²) in [6.07, 6.45) is 3.96. The van der Waals surface area contributed by atoms with Crippen LogP contribution >= 0.6 is 11.8 Å². The van der Waals surface area contributed by atoms with E-state index in [9.17, 15) is 4.79 Å². The highest BCUT2D eigenvalue weighted by Gasteiger charge is 2.25. The van der Waals surface area contributed by atoms with Crippen molar-refractivity contribution in [1.82, 2.24) is 20.1 Å². The number of allylic oxidation sites excluding steroid dienone is 1. The third-order valence-electron chi connectivity index (χ3n) is 3.58. The lowest BCUT2D eigenvalue weighted by molar-refractivity contribution is -0.139. The zero-order valence-corrected chi connectivity index (χ0v) is 13.4. The zero-order chi connectivity index (χ0) is 15.2. The SMILES string of the molecule is C=CCn1c(S[C@H](C)C(=O)OC)nnc1C1CCNCC1. The van der Waals surface area contributed by atoms with Crippen LogP contribution < -0.4 is 5.32 Å². The van der Waals surface area contributed by atoms with Crippen LogP contribution in [0.1, 0.15) is 31.5 Å². The lowest BCUT2D eigenvalue weighted by Gasteiger charge is -2.22. The lowest BCUT2D eigenvalue weighted by Crippen LogP contribution is -2.28. The molecule has 0 saturated carbocycles. The fourth-order valence-corrected chi connectivity index (χ4v) is 3.33. The second-order valence-electron chi connectivity index (χ2n) is 5.05. The molecule has 0 spiro atoms. The van der Waals surface area contributed by atoms with Crippen molar-refractivity contribution in [3.63, 3.8) is 0 Å². The van der Waals surface area contributed by atoms with Crippen LogP contribution in [-0.2, 0) is 16.1 Å². The van der Waals surface area contributed by atoms with Crippen molar-refractivity contribution in [3.8, 4) is 0 Å². The molecule has 0 radical (unpaired) electrons. The molecule has 0 aromatic carbocycles. The van der Waals surface area contributed by atoms with E-state index in [0.29, 0.717) is 12.5 Å². The van der Waals surface area contributed by atoms with Crippen molar-refractivity contribution in [2.45, 2.75) is 42.6 Å². The number of hydrogen-bond donors (Lipinski definition) is 1. The van der Waals surface area contributed by atoms with Crippen molar-refractivity contribution in [2.75, 3.05) is 20.2 Å². The Morgan fingerprint density at radius 3 is 2.90 bits per heavy atom. The third kappa shape index (κ3) is 3.85. The highest BCUT2D eigenvalue weighted by molar-refractivity contribution is 8.00. The molecule has 1 fully saturated rings. The molecule has 1 aliphatic rings. The Morgan fingerprint density at radius 2 is 2.29 bits per heavy atom. The fourth-order valence-electron chi connectivity index (χ4n) is 2.44. The van der Waals surface area contributed by atoms with Crippen LogP contribution in [0, 0.1) is 0 Å². The van der Waals surface area contributed by atoms with E-state index < -0.39 is 0 Å². The summed E-state index contributed by atoms with van der Waals surface area (Å²) >= 11 is 1.38. The fraction of sp³-hybridized carbons (Fsp3) is 0.643. The smallest absolute Gasteiger partial charge is 0.318 e. The molecule has 1 aliphatic heterocycles. The van der Waals surface area contributed by atoms with Crippen LogP contribution in [0.25, 0.3) is 0 Å². The van der Waals surface area contributed by atoms with E-state index in [1.165, 1.54) is 18.9 Å². The Balaban J connectivity index is 2.19. The predicted octanol–water partition coefficient (Wildman–Crippen LogP) is 1.58. The highest BCUT2D eigenvalue weighted by atomic mass is 32.2. The summed E-state index contributed by atoms with van der Waals surface area (Å²) in [5.41, 5.74) is 0. The number of ether oxygens (including phenoxy) is 1. The quantitative estimate of drug-likeness (QED) is 0.489. The Labute approximate surface area is 129 Å². The van der Waals surface area contributed by atoms with Crippen LogP contribution in [0.4, 0.5) is 0 Å². The summed E-state index contributed by atoms with van der Waals surface area (Å²) in [6, 6.07) is 0. The molecule has 2 heterocycles. The topological polar surface area (TPSA) is 69.0 Å². The first-order valence-electron chi connectivity index (χ1n) is 7.16. The van der Waals surface area contributed by atoms with Gasteiger partial charge in [0.25, 0.3) is 0 Å². The van der Waals surface area contributed by atoms with Gasteiger partial charge in [0.2, 0.25) is 0 Å². The molecule has 0 aliphatic carbocycles. The minimum absolute atomic E-state index is 0.253. The van der Waals surface area contributed by atoms with Crippen molar-refractivity contribution in [3.05, 3.63) is 18.5 Å². The van der Waals surface area contributed by atoms with E-state index in [-0.39, 0.29) is 11.2 Å². The van der Waals surface area contributed by atoms with Crippen molar-refractivity contribution in [1.29, 1.82) is 0 Å². The van der Waals surface area contributed by atoms with Gasteiger partial charge in [0, 0.05) is 12.5 Å². The molecule has 2 rings (SSSR count). The maximum atomic E-state index is 11.6. The first-order valence-corrected chi connectivity index (χ1v) is 8.04. The van der Waals surface area contributed by atoms with E-state index in [2.05, 4.69) is 26.7 Å². The average Bonchev–Trinajstić information content (AvgIpc) is 2.90. The van der Waals surface area contributed by atoms with Crippen molar-refractivity contribution >= 4 is 17.7 Å². The summed E-state index contributed by atoms with van der Waals surface area (Å²) in [4.78, 5) is 11.6. The Morgan fingerprint density at radius 1 is 1.57 bits per heavy atom. The van der Waals surface area contributed by atoms with Crippen LogP contribution in [0.2, 0.25) is 0 Å². The van der Waals surface area contributed by atoms with Gasteiger partial charge in [-0.3, -0.25) is 4.79 Å². The van der Waals surface area contributed by atoms with E-state index in [0.717, 1.165) is 36.9 Å². The van der Waals surface area contributed by atoms with Gasteiger partial charge in [0.15, 0.2) is 5.16 Å². The number of piperidine rings is 1. The Kier molecular flexibility index (Phi) is 5.81. The number of nitrogens with one attached hydrogen (secondary N) is 1. The predicted molar refractivity (Wildman–Crippen MR) is 82.4 cm³/mol. The third-order valence-corrected chi connectivity index (χ3v) is 4.64. The summed E-state index contributed by atoms with van der Waals surface area (Å²) < 4.78 is 6.82. The molecule has 116 valence electrons. The normalized spacial score (nSPS) is 17.4. The van der Waals surface area contributed by atoms with Gasteiger partial charge in [-0.15, -0.1) is 16.8 Å². The average molecular weight is 310 g/mol. The minimum atomic E-state index is -0.302. The second kappa shape index (κ2) is 7.61. The number of rotatable bonds is 6. The molecular formula is C14H22N4O2S. The van der Waals surface area contributed by atoms with Crippen LogP contribution in [0.15, 0.2) is 17.8 Å². The summed E-state index contributed by atoms with van der Waals surface area (Å²) in [5, 5.41) is 12.4. The van der Waals surface area contributed by atoms with E-state index >= 15 is 0 Å². The Hall–Kier alpha value is -1.34. The van der Waals surface area contributed by atoms with Gasteiger partial charge in [-0.1, -0.05) is 17.8 Å². The number of thioether (sulfide) groups is 1. The number of aromatic nitrogens is 3. The largest absolute Gasteiger partial charge is 0.468 e. The van der Waals surface area contributed by atoms with Crippen LogP contribution in [0.3, 0.4) is 0 Å². The van der Waals surface area contributed by atoms with Gasteiger partial charge < -0.3 is 14.6 Å². The molecule has 1 atom stereocenters. The molecule has 1 saturated heterocycles. The molecule has 7 heteroatoms. The molecule has 0 unspecified atom stereocenters. The van der Waals surface area contributed by atoms with Gasteiger partial charge in [0.1, 0.15) is 11.1 Å². The number of nitrogens with zero attached hydrogens (tertiary/aromatic N) is 3. The first kappa shape index (κ1) is 16.0. The molecule has 1 aromatic heterocycles. The van der Waals surface area contributed by atoms with Gasteiger partial charge in [0.05, 0.1) is 7.11 Å². The molecule has 1 aromatic rings. The van der Waals surface area contributed by atoms with Crippen LogP contribution in [0.5, 0.6) is 0 Å². The number of carbonyl (C=O) groups is 1. The second-order valence-corrected chi connectivity index (χ2v) is 6.36. The van der Waals surface area contributed by atoms with Gasteiger partial charge >= 0.3 is 5.97 Å². The molecule has 0 amide bonds.